The molecule has 4 aromatic heterocycles. The lowest BCUT2D eigenvalue weighted by atomic mass is 9.81. The largest absolute Gasteiger partial charge is 0.489 e. The molecule has 0 bridgehead atoms. The Balaban J connectivity index is 0.000000174. The normalized spacial score (nSPS) is 18.1. The van der Waals surface area contributed by atoms with E-state index in [1.54, 1.807) is 38.7 Å². The molecule has 2 aliphatic carbocycles. The molecule has 4 aliphatic rings. The van der Waals surface area contributed by atoms with Crippen LogP contribution in [0, 0.1) is 25.7 Å². The van der Waals surface area contributed by atoms with Gasteiger partial charge >= 0.3 is 0 Å². The third-order valence-corrected chi connectivity index (χ3v) is 14.3. The molecule has 0 saturated carbocycles. The maximum Gasteiger partial charge on any atom is 0.213 e. The zero-order valence-electron chi connectivity index (χ0n) is 40.9. The van der Waals surface area contributed by atoms with E-state index in [-0.39, 0.29) is 23.8 Å². The minimum atomic E-state index is 0.0942. The minimum Gasteiger partial charge on any atom is -0.489 e. The van der Waals surface area contributed by atoms with Gasteiger partial charge in [0.25, 0.3) is 0 Å². The molecule has 0 N–H and O–H groups in total. The molecular weight excluding hydrogens is 881 g/mol. The highest BCUT2D eigenvalue weighted by molar-refractivity contribution is 5.95. The lowest BCUT2D eigenvalue weighted by Crippen LogP contribution is -2.39. The van der Waals surface area contributed by atoms with E-state index in [0.29, 0.717) is 47.8 Å². The van der Waals surface area contributed by atoms with Crippen LogP contribution in [0.3, 0.4) is 0 Å². The first-order valence-corrected chi connectivity index (χ1v) is 24.9. The number of piperidine rings is 2. The number of Topliss-reactive ketones (excluding diaryl/α,β-unsaturated/α-hetero) is 2. The first-order valence-electron chi connectivity index (χ1n) is 24.9. The Hall–Kier alpha value is -6.96. The summed E-state index contributed by atoms with van der Waals surface area (Å²) in [6.07, 6.45) is 14.4. The summed E-state index contributed by atoms with van der Waals surface area (Å²) in [5.41, 5.74) is 8.56. The highest BCUT2D eigenvalue weighted by Crippen LogP contribution is 2.32. The van der Waals surface area contributed by atoms with Gasteiger partial charge in [0.15, 0.2) is 23.2 Å². The SMILES string of the molecule is COc1ccc(OC2CCN(c3nnc(C(=O)CC4CCc5ccccc5C4)cc3C)CC2)cn1.COc1ccc(OC2CCN(c3nnc(C(=O)CC4CCc5ccccc5C4)cc3C)CC2)cn1. The van der Waals surface area contributed by atoms with Gasteiger partial charge in [0.05, 0.1) is 26.6 Å². The zero-order valence-corrected chi connectivity index (χ0v) is 40.9. The molecule has 6 aromatic rings. The summed E-state index contributed by atoms with van der Waals surface area (Å²) in [4.78, 5) is 38.8. The van der Waals surface area contributed by atoms with Gasteiger partial charge in [0.2, 0.25) is 11.8 Å². The highest BCUT2D eigenvalue weighted by atomic mass is 16.5. The number of nitrogens with zero attached hydrogens (tertiary/aromatic N) is 8. The molecule has 6 heterocycles. The maximum absolute atomic E-state index is 13.0. The Morgan fingerprint density at radius 2 is 0.929 bits per heavy atom. The first-order chi connectivity index (χ1) is 34.2. The summed E-state index contributed by atoms with van der Waals surface area (Å²) in [5.74, 6) is 5.32. The molecule has 0 spiro atoms. The van der Waals surface area contributed by atoms with Crippen molar-refractivity contribution in [1.29, 1.82) is 0 Å². The smallest absolute Gasteiger partial charge is 0.213 e. The third kappa shape index (κ3) is 12.1. The van der Waals surface area contributed by atoms with Crippen molar-refractivity contribution in [3.63, 3.8) is 0 Å². The van der Waals surface area contributed by atoms with Crippen LogP contribution in [0.4, 0.5) is 11.6 Å². The number of hydrogen-bond donors (Lipinski definition) is 0. The van der Waals surface area contributed by atoms with E-state index in [9.17, 15) is 9.59 Å². The molecule has 10 rings (SSSR count). The molecule has 2 fully saturated rings. The molecule has 0 radical (unpaired) electrons. The Labute approximate surface area is 411 Å². The van der Waals surface area contributed by atoms with Crippen LogP contribution in [0.2, 0.25) is 0 Å². The van der Waals surface area contributed by atoms with Crippen LogP contribution in [-0.2, 0) is 25.7 Å². The van der Waals surface area contributed by atoms with Crippen LogP contribution in [0.1, 0.15) is 106 Å². The molecule has 0 amide bonds. The van der Waals surface area contributed by atoms with Crippen molar-refractivity contribution in [3.8, 4) is 23.3 Å². The number of ketones is 2. The Morgan fingerprint density at radius 1 is 0.529 bits per heavy atom. The number of methoxy groups -OCH3 is 2. The van der Waals surface area contributed by atoms with E-state index in [4.69, 9.17) is 18.9 Å². The number of hydrogen-bond acceptors (Lipinski definition) is 14. The molecule has 2 aliphatic heterocycles. The maximum atomic E-state index is 13.0. The van der Waals surface area contributed by atoms with Crippen molar-refractivity contribution < 1.29 is 28.5 Å². The number of rotatable bonds is 14. The van der Waals surface area contributed by atoms with Gasteiger partial charge in [-0.1, -0.05) is 48.5 Å². The fourth-order valence-electron chi connectivity index (χ4n) is 10.4. The second-order valence-corrected chi connectivity index (χ2v) is 19.2. The van der Waals surface area contributed by atoms with Crippen LogP contribution < -0.4 is 28.7 Å². The summed E-state index contributed by atoms with van der Waals surface area (Å²) in [6.45, 7) is 7.36. The van der Waals surface area contributed by atoms with Crippen LogP contribution in [0.25, 0.3) is 0 Å². The number of fused-ring (bicyclic) bond motifs is 2. The van der Waals surface area contributed by atoms with Crippen LogP contribution in [0.15, 0.2) is 97.3 Å². The van der Waals surface area contributed by atoms with Gasteiger partial charge in [-0.25, -0.2) is 9.97 Å². The number of anilines is 2. The van der Waals surface area contributed by atoms with E-state index in [2.05, 4.69) is 88.7 Å². The van der Waals surface area contributed by atoms with Crippen molar-refractivity contribution in [2.75, 3.05) is 50.2 Å². The van der Waals surface area contributed by atoms with Crippen molar-refractivity contribution >= 4 is 23.2 Å². The van der Waals surface area contributed by atoms with E-state index in [0.717, 1.165) is 125 Å². The summed E-state index contributed by atoms with van der Waals surface area (Å²) in [7, 11) is 3.20. The number of aryl methyl sites for hydroxylation is 4. The lowest BCUT2D eigenvalue weighted by molar-refractivity contribution is 0.0943. The van der Waals surface area contributed by atoms with E-state index < -0.39 is 0 Å². The van der Waals surface area contributed by atoms with Gasteiger partial charge in [0, 0.05) is 76.8 Å². The van der Waals surface area contributed by atoms with Gasteiger partial charge < -0.3 is 28.7 Å². The van der Waals surface area contributed by atoms with Crippen molar-refractivity contribution in [2.45, 2.75) is 103 Å². The number of carbonyl (C=O) groups is 2. The highest BCUT2D eigenvalue weighted by Gasteiger charge is 2.28. The summed E-state index contributed by atoms with van der Waals surface area (Å²) < 4.78 is 22.4. The average molecular weight is 945 g/mol. The topological polar surface area (TPSA) is 155 Å². The van der Waals surface area contributed by atoms with Gasteiger partial charge in [-0.05, 0) is 122 Å². The molecule has 2 saturated heterocycles. The Bertz CT molecular complexity index is 2530. The fourth-order valence-corrected chi connectivity index (χ4v) is 10.4. The molecule has 2 unspecified atom stereocenters. The van der Waals surface area contributed by atoms with Crippen LogP contribution in [-0.4, -0.2) is 94.5 Å². The van der Waals surface area contributed by atoms with E-state index in [1.165, 1.54) is 22.3 Å². The summed E-state index contributed by atoms with van der Waals surface area (Å²) in [5, 5.41) is 17.6. The number of ether oxygens (including phenoxy) is 4. The molecule has 2 atom stereocenters. The van der Waals surface area contributed by atoms with E-state index in [1.807, 2.05) is 38.1 Å². The van der Waals surface area contributed by atoms with Crippen molar-refractivity contribution in [2.24, 2.45) is 11.8 Å². The van der Waals surface area contributed by atoms with Crippen molar-refractivity contribution in [3.05, 3.63) is 142 Å². The predicted molar refractivity (Wildman–Crippen MR) is 269 cm³/mol. The van der Waals surface area contributed by atoms with Crippen molar-refractivity contribution in [1.82, 2.24) is 30.4 Å². The molecule has 2 aromatic carbocycles. The second-order valence-electron chi connectivity index (χ2n) is 19.2. The van der Waals surface area contributed by atoms with Gasteiger partial charge in [-0.15, -0.1) is 20.4 Å². The predicted octanol–water partition coefficient (Wildman–Crippen LogP) is 9.23. The van der Waals surface area contributed by atoms with Gasteiger partial charge in [-0.2, -0.15) is 0 Å². The van der Waals surface area contributed by atoms with Crippen LogP contribution in [0.5, 0.6) is 23.3 Å². The number of pyridine rings is 2. The standard InChI is InChI=1S/2C28H32N4O3/c2*1-19-15-25(26(33)17-20-7-8-21-5-3-4-6-22(21)16-20)30-31-28(19)32-13-11-23(12-14-32)35-24-9-10-27(34-2)29-18-24/h2*3-6,9-10,15,18,20,23H,7-8,11-14,16-17H2,1-2H3. The molecule has 14 nitrogen and oxygen atoms in total. The monoisotopic (exact) mass is 944 g/mol. The summed E-state index contributed by atoms with van der Waals surface area (Å²) in [6, 6.07) is 28.3. The summed E-state index contributed by atoms with van der Waals surface area (Å²) >= 11 is 0. The minimum absolute atomic E-state index is 0.0942. The lowest BCUT2D eigenvalue weighted by Gasteiger charge is -2.33. The molecular formula is C56H64N8O6. The molecule has 364 valence electrons. The van der Waals surface area contributed by atoms with Crippen LogP contribution >= 0.6 is 0 Å². The molecule has 14 heteroatoms. The number of benzene rings is 2. The first kappa shape index (κ1) is 48.1. The number of aromatic nitrogens is 6. The third-order valence-electron chi connectivity index (χ3n) is 14.3. The van der Waals surface area contributed by atoms with Gasteiger partial charge in [-0.3, -0.25) is 9.59 Å². The second kappa shape index (κ2) is 22.6. The fraction of sp³-hybridized carbons (Fsp3) is 0.429. The Kier molecular flexibility index (Phi) is 15.6. The van der Waals surface area contributed by atoms with E-state index >= 15 is 0 Å². The van der Waals surface area contributed by atoms with Gasteiger partial charge in [0.1, 0.15) is 35.1 Å². The average Bonchev–Trinajstić information content (AvgIpc) is 3.39. The quantitative estimate of drug-likeness (QED) is 0.0953. The zero-order chi connectivity index (χ0) is 48.4. The Morgan fingerprint density at radius 3 is 1.29 bits per heavy atom. The molecule has 70 heavy (non-hydrogen) atoms. The number of carbonyl (C=O) groups excluding carboxylic acids is 2.